The number of aromatic carboxylic acids is 1. The molecule has 2 aliphatic heterocycles. The third-order valence-electron chi connectivity index (χ3n) is 7.68. The molecule has 6 rings (SSSR count). The van der Waals surface area contributed by atoms with Crippen LogP contribution in [0.4, 0.5) is 10.2 Å². The van der Waals surface area contributed by atoms with Crippen LogP contribution in [0.3, 0.4) is 0 Å². The van der Waals surface area contributed by atoms with Gasteiger partial charge in [0.2, 0.25) is 5.88 Å². The third kappa shape index (κ3) is 5.83. The van der Waals surface area contributed by atoms with Crippen molar-refractivity contribution in [1.29, 1.82) is 0 Å². The Balaban J connectivity index is 1.14. The Kier molecular flexibility index (Phi) is 7.74. The van der Waals surface area contributed by atoms with E-state index >= 15 is 0 Å². The van der Waals surface area contributed by atoms with Gasteiger partial charge in [0.25, 0.3) is 0 Å². The van der Waals surface area contributed by atoms with Gasteiger partial charge in [-0.1, -0.05) is 23.7 Å². The number of ether oxygens (including phenoxy) is 2. The molecule has 12 heteroatoms. The first kappa shape index (κ1) is 27.4. The zero-order valence-electron chi connectivity index (χ0n) is 22.5. The monoisotopic (exact) mass is 580 g/mol. The Labute approximate surface area is 241 Å². The molecule has 0 bridgehead atoms. The smallest absolute Gasteiger partial charge is 0.354 e. The van der Waals surface area contributed by atoms with E-state index in [0.29, 0.717) is 34.2 Å². The highest BCUT2D eigenvalue weighted by Crippen LogP contribution is 2.28. The molecule has 2 aliphatic rings. The lowest BCUT2D eigenvalue weighted by molar-refractivity contribution is -0.0594. The third-order valence-corrected chi connectivity index (χ3v) is 7.91. The van der Waals surface area contributed by atoms with Crippen LogP contribution in [0.1, 0.15) is 41.3 Å². The van der Waals surface area contributed by atoms with E-state index < -0.39 is 11.8 Å². The van der Waals surface area contributed by atoms with Gasteiger partial charge < -0.3 is 24.0 Å². The quantitative estimate of drug-likeness (QED) is 0.305. The van der Waals surface area contributed by atoms with Crippen molar-refractivity contribution in [3.63, 3.8) is 0 Å². The number of aromatic nitrogens is 4. The van der Waals surface area contributed by atoms with Crippen molar-refractivity contribution in [2.45, 2.75) is 38.6 Å². The van der Waals surface area contributed by atoms with Crippen molar-refractivity contribution in [3.8, 4) is 5.88 Å². The summed E-state index contributed by atoms with van der Waals surface area (Å²) in [6, 6.07) is 13.3. The number of benzene rings is 1. The number of carbonyl (C=O) groups is 1. The molecule has 4 aromatic rings. The van der Waals surface area contributed by atoms with Gasteiger partial charge in [-0.25, -0.2) is 19.2 Å². The summed E-state index contributed by atoms with van der Waals surface area (Å²) >= 11 is 5.84. The topological polar surface area (TPSA) is 106 Å². The number of fused-ring (bicyclic) bond motifs is 1. The van der Waals surface area contributed by atoms with Crippen molar-refractivity contribution < 1.29 is 23.8 Å². The maximum absolute atomic E-state index is 14.1. The SMILES string of the molecule is CC(c1nc2ccc(C(=O)O)nc2n1C[C@@H]1CCO1)N1CCN(c2cccc(OCc3ccc(Cl)cc3F)n2)CC1. The predicted octanol–water partition coefficient (Wildman–Crippen LogP) is 4.57. The minimum Gasteiger partial charge on any atom is -0.477 e. The molecule has 41 heavy (non-hydrogen) atoms. The number of anilines is 1. The standard InChI is InChI=1S/C29H30ClFN6O4/c1-18(27-32-23-7-8-24(29(38)39)33-28(23)37(27)16-21-9-14-40-21)35-10-12-36(13-11-35)25-3-2-4-26(34-25)41-17-19-5-6-20(30)15-22(19)31/h2-8,15,18,21H,9-14,16-17H2,1H3,(H,38,39)/t18?,21-/m0/s1. The molecule has 0 saturated carbocycles. The van der Waals surface area contributed by atoms with Gasteiger partial charge in [0.15, 0.2) is 11.3 Å². The van der Waals surface area contributed by atoms with Crippen LogP contribution in [0, 0.1) is 5.82 Å². The van der Waals surface area contributed by atoms with E-state index in [-0.39, 0.29) is 24.4 Å². The molecule has 2 fully saturated rings. The molecule has 1 unspecified atom stereocenters. The molecule has 0 aliphatic carbocycles. The molecular weight excluding hydrogens is 551 g/mol. The number of carboxylic acid groups (broad SMARTS) is 1. The van der Waals surface area contributed by atoms with Crippen LogP contribution in [0.2, 0.25) is 5.02 Å². The summed E-state index contributed by atoms with van der Waals surface area (Å²) in [5.74, 6) is 0.595. The average molecular weight is 581 g/mol. The molecule has 3 aromatic heterocycles. The van der Waals surface area contributed by atoms with E-state index in [4.69, 9.17) is 26.1 Å². The second kappa shape index (κ2) is 11.6. The molecule has 10 nitrogen and oxygen atoms in total. The number of nitrogens with zero attached hydrogens (tertiary/aromatic N) is 6. The van der Waals surface area contributed by atoms with Crippen LogP contribution in [-0.2, 0) is 17.9 Å². The number of halogens is 2. The van der Waals surface area contributed by atoms with E-state index in [2.05, 4.69) is 26.7 Å². The second-order valence-electron chi connectivity index (χ2n) is 10.3. The highest BCUT2D eigenvalue weighted by Gasteiger charge is 2.29. The molecule has 1 N–H and O–H groups in total. The number of imidazole rings is 1. The van der Waals surface area contributed by atoms with Gasteiger partial charge in [0.1, 0.15) is 29.6 Å². The summed E-state index contributed by atoms with van der Waals surface area (Å²) in [5.41, 5.74) is 1.65. The first-order valence-electron chi connectivity index (χ1n) is 13.6. The van der Waals surface area contributed by atoms with Crippen LogP contribution in [0.25, 0.3) is 11.2 Å². The molecule has 2 saturated heterocycles. The normalized spacial score (nSPS) is 18.3. The van der Waals surface area contributed by atoms with Crippen LogP contribution >= 0.6 is 11.6 Å². The van der Waals surface area contributed by atoms with Crippen molar-refractivity contribution >= 4 is 34.6 Å². The number of hydrogen-bond acceptors (Lipinski definition) is 8. The lowest BCUT2D eigenvalue weighted by Gasteiger charge is -2.38. The second-order valence-corrected chi connectivity index (χ2v) is 10.7. The summed E-state index contributed by atoms with van der Waals surface area (Å²) in [6.45, 7) is 6.55. The summed E-state index contributed by atoms with van der Waals surface area (Å²) < 4.78 is 27.6. The van der Waals surface area contributed by atoms with Crippen LogP contribution in [0.5, 0.6) is 5.88 Å². The van der Waals surface area contributed by atoms with Crippen molar-refractivity contribution in [1.82, 2.24) is 24.4 Å². The molecule has 5 heterocycles. The van der Waals surface area contributed by atoms with E-state index in [1.54, 1.807) is 24.3 Å². The zero-order valence-corrected chi connectivity index (χ0v) is 23.3. The number of rotatable bonds is 9. The van der Waals surface area contributed by atoms with Gasteiger partial charge in [0.05, 0.1) is 18.7 Å². The molecule has 2 atom stereocenters. The lowest BCUT2D eigenvalue weighted by atomic mass is 10.1. The fraction of sp³-hybridized carbons (Fsp3) is 0.379. The summed E-state index contributed by atoms with van der Waals surface area (Å²) in [7, 11) is 0. The lowest BCUT2D eigenvalue weighted by Crippen LogP contribution is -2.48. The largest absolute Gasteiger partial charge is 0.477 e. The Morgan fingerprint density at radius 2 is 1.95 bits per heavy atom. The first-order chi connectivity index (χ1) is 19.9. The van der Waals surface area contributed by atoms with Crippen molar-refractivity contribution in [2.75, 3.05) is 37.7 Å². The van der Waals surface area contributed by atoms with Crippen molar-refractivity contribution in [3.05, 3.63) is 76.5 Å². The summed E-state index contributed by atoms with van der Waals surface area (Å²) in [5, 5.41) is 9.81. The highest BCUT2D eigenvalue weighted by atomic mass is 35.5. The Bertz CT molecular complexity index is 1570. The number of carboxylic acids is 1. The molecule has 214 valence electrons. The highest BCUT2D eigenvalue weighted by molar-refractivity contribution is 6.30. The predicted molar refractivity (Wildman–Crippen MR) is 151 cm³/mol. The molecule has 0 radical (unpaired) electrons. The van der Waals surface area contributed by atoms with E-state index in [0.717, 1.165) is 50.8 Å². The van der Waals surface area contributed by atoms with Crippen LogP contribution in [0.15, 0.2) is 48.5 Å². The Hall–Kier alpha value is -3.80. The minimum atomic E-state index is -1.06. The minimum absolute atomic E-state index is 0.00185. The summed E-state index contributed by atoms with van der Waals surface area (Å²) in [4.78, 5) is 30.1. The summed E-state index contributed by atoms with van der Waals surface area (Å²) in [6.07, 6.45) is 1.03. The Morgan fingerprint density at radius 1 is 1.15 bits per heavy atom. The number of piperazine rings is 1. The maximum Gasteiger partial charge on any atom is 0.354 e. The fourth-order valence-electron chi connectivity index (χ4n) is 5.22. The van der Waals surface area contributed by atoms with Crippen LogP contribution < -0.4 is 9.64 Å². The van der Waals surface area contributed by atoms with Gasteiger partial charge in [-0.3, -0.25) is 4.90 Å². The molecule has 0 amide bonds. The van der Waals surface area contributed by atoms with E-state index in [1.807, 2.05) is 16.7 Å². The number of pyridine rings is 2. The van der Waals surface area contributed by atoms with E-state index in [1.165, 1.54) is 12.1 Å². The van der Waals surface area contributed by atoms with Crippen LogP contribution in [-0.4, -0.2) is 74.4 Å². The number of hydrogen-bond donors (Lipinski definition) is 1. The van der Waals surface area contributed by atoms with E-state index in [9.17, 15) is 14.3 Å². The maximum atomic E-state index is 14.1. The zero-order chi connectivity index (χ0) is 28.5. The van der Waals surface area contributed by atoms with Gasteiger partial charge in [-0.15, -0.1) is 0 Å². The first-order valence-corrected chi connectivity index (χ1v) is 14.0. The molecule has 1 aromatic carbocycles. The van der Waals surface area contributed by atoms with Gasteiger partial charge in [-0.05, 0) is 43.7 Å². The van der Waals surface area contributed by atoms with Gasteiger partial charge >= 0.3 is 5.97 Å². The Morgan fingerprint density at radius 3 is 2.66 bits per heavy atom. The average Bonchev–Trinajstić information content (AvgIpc) is 3.32. The molecular formula is C29H30ClFN6O4. The van der Waals surface area contributed by atoms with Crippen molar-refractivity contribution in [2.24, 2.45) is 0 Å². The van der Waals surface area contributed by atoms with Gasteiger partial charge in [-0.2, -0.15) is 4.98 Å². The fourth-order valence-corrected chi connectivity index (χ4v) is 5.38. The molecule has 0 spiro atoms. The van der Waals surface area contributed by atoms with Gasteiger partial charge in [0, 0.05) is 49.4 Å².